The number of nitrogens with zero attached hydrogens (tertiary/aromatic N) is 3. The van der Waals surface area contributed by atoms with Crippen molar-refractivity contribution in [1.82, 2.24) is 9.97 Å². The van der Waals surface area contributed by atoms with Crippen LogP contribution < -0.4 is 0 Å². The van der Waals surface area contributed by atoms with Crippen molar-refractivity contribution in [3.63, 3.8) is 0 Å². The lowest BCUT2D eigenvalue weighted by atomic mass is 9.92. The van der Waals surface area contributed by atoms with Gasteiger partial charge in [-0.2, -0.15) is 0 Å². The van der Waals surface area contributed by atoms with E-state index in [1.165, 1.54) is 6.07 Å². The average Bonchev–Trinajstić information content (AvgIpc) is 2.37. The summed E-state index contributed by atoms with van der Waals surface area (Å²) < 4.78 is 0. The quantitative estimate of drug-likeness (QED) is 0.476. The number of para-hydroxylation sites is 1. The van der Waals surface area contributed by atoms with Crippen molar-refractivity contribution in [3.8, 4) is 11.4 Å². The Hall–Kier alpha value is -2.01. The fourth-order valence-electron chi connectivity index (χ4n) is 1.74. The minimum atomic E-state index is -0.448. The number of nitro groups is 1. The largest absolute Gasteiger partial charge is 0.280 e. The Balaban J connectivity index is 2.65. The van der Waals surface area contributed by atoms with Gasteiger partial charge in [0.1, 0.15) is 5.15 Å². The van der Waals surface area contributed by atoms with E-state index in [0.29, 0.717) is 5.56 Å². The lowest BCUT2D eigenvalue weighted by Crippen LogP contribution is -2.14. The van der Waals surface area contributed by atoms with Gasteiger partial charge in [0.15, 0.2) is 5.82 Å². The van der Waals surface area contributed by atoms with Crippen LogP contribution in [0.2, 0.25) is 5.15 Å². The molecule has 0 N–H and O–H groups in total. The van der Waals surface area contributed by atoms with E-state index in [4.69, 9.17) is 11.6 Å². The lowest BCUT2D eigenvalue weighted by Gasteiger charge is -2.18. The molecule has 0 amide bonds. The smallest absolute Gasteiger partial charge is 0.258 e. The van der Waals surface area contributed by atoms with Crippen LogP contribution in [0.25, 0.3) is 11.4 Å². The molecule has 0 saturated heterocycles. The average molecular weight is 292 g/mol. The third-order valence-electron chi connectivity index (χ3n) is 2.80. The second-order valence-electron chi connectivity index (χ2n) is 5.42. The van der Waals surface area contributed by atoms with Gasteiger partial charge in [0.2, 0.25) is 0 Å². The van der Waals surface area contributed by atoms with E-state index in [9.17, 15) is 10.1 Å². The zero-order chi connectivity index (χ0) is 14.9. The van der Waals surface area contributed by atoms with E-state index in [1.807, 2.05) is 20.8 Å². The maximum Gasteiger partial charge on any atom is 0.280 e. The highest BCUT2D eigenvalue weighted by molar-refractivity contribution is 6.29. The summed E-state index contributed by atoms with van der Waals surface area (Å²) in [5.74, 6) is 0.273. The molecule has 0 spiro atoms. The van der Waals surface area contributed by atoms with Crippen LogP contribution in [0.1, 0.15) is 26.5 Å². The number of aromatic nitrogens is 2. The van der Waals surface area contributed by atoms with Gasteiger partial charge in [-0.1, -0.05) is 44.5 Å². The van der Waals surface area contributed by atoms with Crippen LogP contribution in [-0.4, -0.2) is 14.9 Å². The van der Waals surface area contributed by atoms with Gasteiger partial charge in [0.25, 0.3) is 5.69 Å². The SMILES string of the molecule is CC(C)(C)c1cc(Cl)nc(-c2ccccc2[N+](=O)[O-])n1. The molecule has 0 aliphatic rings. The van der Waals surface area contributed by atoms with Crippen molar-refractivity contribution in [3.05, 3.63) is 51.3 Å². The maximum atomic E-state index is 11.1. The lowest BCUT2D eigenvalue weighted by molar-refractivity contribution is -0.384. The fraction of sp³-hybridized carbons (Fsp3) is 0.286. The highest BCUT2D eigenvalue weighted by Gasteiger charge is 2.21. The van der Waals surface area contributed by atoms with Gasteiger partial charge in [-0.05, 0) is 12.1 Å². The number of benzene rings is 1. The van der Waals surface area contributed by atoms with Gasteiger partial charge >= 0.3 is 0 Å². The fourth-order valence-corrected chi connectivity index (χ4v) is 1.93. The zero-order valence-electron chi connectivity index (χ0n) is 11.4. The molecule has 5 nitrogen and oxygen atoms in total. The molecule has 6 heteroatoms. The summed E-state index contributed by atoms with van der Waals surface area (Å²) >= 11 is 6.02. The Morgan fingerprint density at radius 2 is 1.85 bits per heavy atom. The molecule has 0 bridgehead atoms. The minimum absolute atomic E-state index is 0.0328. The normalized spacial score (nSPS) is 11.4. The van der Waals surface area contributed by atoms with Crippen molar-refractivity contribution < 1.29 is 4.92 Å². The molecule has 2 rings (SSSR count). The molecule has 1 aromatic heterocycles. The molecule has 2 aromatic rings. The molecule has 0 fully saturated rings. The summed E-state index contributed by atoms with van der Waals surface area (Å²) in [6, 6.07) is 8.05. The van der Waals surface area contributed by atoms with Crippen LogP contribution in [-0.2, 0) is 5.41 Å². The van der Waals surface area contributed by atoms with Gasteiger partial charge in [0.05, 0.1) is 16.2 Å². The van der Waals surface area contributed by atoms with E-state index in [2.05, 4.69) is 9.97 Å². The first-order chi connectivity index (χ1) is 9.29. The number of hydrogen-bond donors (Lipinski definition) is 0. The topological polar surface area (TPSA) is 68.9 Å². The maximum absolute atomic E-state index is 11.1. The summed E-state index contributed by atoms with van der Waals surface area (Å²) in [4.78, 5) is 19.2. The molecule has 1 aromatic carbocycles. The number of halogens is 1. The third-order valence-corrected chi connectivity index (χ3v) is 3.00. The highest BCUT2D eigenvalue weighted by atomic mass is 35.5. The van der Waals surface area contributed by atoms with Crippen LogP contribution in [0.4, 0.5) is 5.69 Å². The predicted molar refractivity (Wildman–Crippen MR) is 77.8 cm³/mol. The number of hydrogen-bond acceptors (Lipinski definition) is 4. The summed E-state index contributed by atoms with van der Waals surface area (Å²) in [7, 11) is 0. The summed E-state index contributed by atoms with van der Waals surface area (Å²) in [6.07, 6.45) is 0. The van der Waals surface area contributed by atoms with Gasteiger partial charge in [-0.3, -0.25) is 10.1 Å². The van der Waals surface area contributed by atoms with E-state index in [-0.39, 0.29) is 22.1 Å². The van der Waals surface area contributed by atoms with Gasteiger partial charge < -0.3 is 0 Å². The van der Waals surface area contributed by atoms with Crippen molar-refractivity contribution in [2.24, 2.45) is 0 Å². The molecule has 20 heavy (non-hydrogen) atoms. The number of rotatable bonds is 2. The van der Waals surface area contributed by atoms with Crippen molar-refractivity contribution in [2.45, 2.75) is 26.2 Å². The van der Waals surface area contributed by atoms with Crippen LogP contribution in [0.15, 0.2) is 30.3 Å². The van der Waals surface area contributed by atoms with Gasteiger partial charge in [0, 0.05) is 11.5 Å². The summed E-state index contributed by atoms with van der Waals surface area (Å²) in [5.41, 5.74) is 0.857. The summed E-state index contributed by atoms with van der Waals surface area (Å²) in [6.45, 7) is 5.98. The van der Waals surface area contributed by atoms with E-state index in [0.717, 1.165) is 5.69 Å². The molecule has 0 atom stereocenters. The third kappa shape index (κ3) is 2.93. The highest BCUT2D eigenvalue weighted by Crippen LogP contribution is 2.30. The zero-order valence-corrected chi connectivity index (χ0v) is 12.2. The molecule has 0 radical (unpaired) electrons. The number of nitro benzene ring substituents is 1. The first-order valence-corrected chi connectivity index (χ1v) is 6.45. The second kappa shape index (κ2) is 5.17. The Labute approximate surface area is 121 Å². The summed E-state index contributed by atoms with van der Waals surface area (Å²) in [5, 5.41) is 11.4. The van der Waals surface area contributed by atoms with Crippen LogP contribution >= 0.6 is 11.6 Å². The molecule has 0 aliphatic carbocycles. The molecule has 0 saturated carbocycles. The molecular formula is C14H14ClN3O2. The van der Waals surface area contributed by atoms with Crippen LogP contribution in [0.5, 0.6) is 0 Å². The first kappa shape index (κ1) is 14.4. The Morgan fingerprint density at radius 3 is 2.45 bits per heavy atom. The van der Waals surface area contributed by atoms with Crippen molar-refractivity contribution in [1.29, 1.82) is 0 Å². The molecule has 104 valence electrons. The van der Waals surface area contributed by atoms with Crippen molar-refractivity contribution in [2.75, 3.05) is 0 Å². The molecule has 0 aliphatic heterocycles. The van der Waals surface area contributed by atoms with E-state index in [1.54, 1.807) is 24.3 Å². The predicted octanol–water partition coefficient (Wildman–Crippen LogP) is 4.00. The van der Waals surface area contributed by atoms with Crippen LogP contribution in [0.3, 0.4) is 0 Å². The first-order valence-electron chi connectivity index (χ1n) is 6.08. The minimum Gasteiger partial charge on any atom is -0.258 e. The van der Waals surface area contributed by atoms with Gasteiger partial charge in [-0.15, -0.1) is 0 Å². The monoisotopic (exact) mass is 291 g/mol. The molecular weight excluding hydrogens is 278 g/mol. The Kier molecular flexibility index (Phi) is 3.72. The Morgan fingerprint density at radius 1 is 1.20 bits per heavy atom. The van der Waals surface area contributed by atoms with Crippen LogP contribution in [0, 0.1) is 10.1 Å². The molecule has 0 unspecified atom stereocenters. The van der Waals surface area contributed by atoms with E-state index < -0.39 is 4.92 Å². The second-order valence-corrected chi connectivity index (χ2v) is 5.81. The standard InChI is InChI=1S/C14H14ClN3O2/c1-14(2,3)11-8-12(15)17-13(16-11)9-6-4-5-7-10(9)18(19)20/h4-8H,1-3H3. The molecule has 1 heterocycles. The Bertz CT molecular complexity index is 666. The van der Waals surface area contributed by atoms with E-state index >= 15 is 0 Å². The van der Waals surface area contributed by atoms with Crippen molar-refractivity contribution >= 4 is 17.3 Å². The van der Waals surface area contributed by atoms with Gasteiger partial charge in [-0.25, -0.2) is 9.97 Å².